The van der Waals surface area contributed by atoms with E-state index in [2.05, 4.69) is 13.8 Å². The van der Waals surface area contributed by atoms with Crippen molar-refractivity contribution in [1.29, 1.82) is 0 Å². The maximum atomic E-state index is 10.2. The summed E-state index contributed by atoms with van der Waals surface area (Å²) < 4.78 is 0. The normalized spacial score (nSPS) is 11.8. The molecule has 0 amide bonds. The van der Waals surface area contributed by atoms with Gasteiger partial charge in [0.05, 0.1) is 0 Å². The molecule has 1 unspecified atom stereocenters. The molecule has 58 valence electrons. The van der Waals surface area contributed by atoms with Crippen molar-refractivity contribution in [3.63, 3.8) is 0 Å². The number of carbonyl (C=O) groups is 1. The van der Waals surface area contributed by atoms with Crippen molar-refractivity contribution in [3.05, 3.63) is 0 Å². The van der Waals surface area contributed by atoms with Gasteiger partial charge in [-0.15, -0.1) is 0 Å². The summed E-state index contributed by atoms with van der Waals surface area (Å²) in [5.41, 5.74) is 0. The van der Waals surface area contributed by atoms with Crippen molar-refractivity contribution in [3.8, 4) is 0 Å². The van der Waals surface area contributed by atoms with E-state index in [1.54, 1.807) is 0 Å². The molecule has 0 bridgehead atoms. The van der Waals surface area contributed by atoms with Crippen LogP contribution in [0, 0.1) is 46.8 Å². The van der Waals surface area contributed by atoms with E-state index in [1.807, 2.05) is 0 Å². The van der Waals surface area contributed by atoms with Crippen molar-refractivity contribution < 1.29 is 45.6 Å². The van der Waals surface area contributed by atoms with Crippen LogP contribution in [0.2, 0.25) is 0 Å². The smallest absolute Gasteiger partial charge is 0.123 e. The number of hydrogen-bond acceptors (Lipinski definition) is 1. The van der Waals surface area contributed by atoms with Crippen LogP contribution in [0.5, 0.6) is 0 Å². The first kappa shape index (κ1) is 13.6. The van der Waals surface area contributed by atoms with Crippen molar-refractivity contribution in [2.45, 2.75) is 39.5 Å². The van der Waals surface area contributed by atoms with Gasteiger partial charge in [-0.1, -0.05) is 26.7 Å². The first-order chi connectivity index (χ1) is 4.35. The zero-order valence-corrected chi connectivity index (χ0v) is 10.1. The van der Waals surface area contributed by atoms with Gasteiger partial charge in [-0.05, 0) is 12.8 Å². The Balaban J connectivity index is 0. The standard InChI is InChI=1S/C8H16O.Nd/c1-3-5-6-8(4-2)7-9;/h7-8H,3-6H2,1-2H3;. The van der Waals surface area contributed by atoms with E-state index in [4.69, 9.17) is 0 Å². The Morgan fingerprint density at radius 2 is 2.00 bits per heavy atom. The van der Waals surface area contributed by atoms with Gasteiger partial charge in [0.25, 0.3) is 0 Å². The van der Waals surface area contributed by atoms with Crippen LogP contribution in [0.15, 0.2) is 0 Å². The van der Waals surface area contributed by atoms with Crippen LogP contribution >= 0.6 is 0 Å². The molecule has 0 spiro atoms. The third kappa shape index (κ3) is 7.13. The van der Waals surface area contributed by atoms with Crippen LogP contribution in [-0.4, -0.2) is 6.29 Å². The summed E-state index contributed by atoms with van der Waals surface area (Å²) >= 11 is 0. The summed E-state index contributed by atoms with van der Waals surface area (Å²) in [7, 11) is 0. The molecule has 0 aliphatic rings. The molecule has 0 aliphatic carbocycles. The first-order valence-electron chi connectivity index (χ1n) is 3.80. The Hall–Kier alpha value is 1.02. The van der Waals surface area contributed by atoms with Gasteiger partial charge >= 0.3 is 0 Å². The predicted molar refractivity (Wildman–Crippen MR) is 39.4 cm³/mol. The minimum absolute atomic E-state index is 0. The molecule has 0 aromatic rings. The van der Waals surface area contributed by atoms with E-state index in [9.17, 15) is 4.79 Å². The zero-order valence-electron chi connectivity index (χ0n) is 6.89. The Bertz CT molecular complexity index is 73.7. The molecule has 0 saturated carbocycles. The molecule has 1 nitrogen and oxygen atoms in total. The molecule has 0 aromatic heterocycles. The number of unbranched alkanes of at least 4 members (excludes halogenated alkanes) is 1. The van der Waals surface area contributed by atoms with Crippen molar-refractivity contribution in [1.82, 2.24) is 0 Å². The largest absolute Gasteiger partial charge is 0.303 e. The summed E-state index contributed by atoms with van der Waals surface area (Å²) in [6.07, 6.45) is 5.55. The molecule has 0 N–H and O–H groups in total. The van der Waals surface area contributed by atoms with Crippen molar-refractivity contribution in [2.24, 2.45) is 5.92 Å². The monoisotopic (exact) mass is 270 g/mol. The molecule has 2 heteroatoms. The molecule has 0 fully saturated rings. The van der Waals surface area contributed by atoms with Gasteiger partial charge < -0.3 is 4.79 Å². The molecule has 0 rings (SSSR count). The minimum atomic E-state index is 0. The summed E-state index contributed by atoms with van der Waals surface area (Å²) in [4.78, 5) is 10.2. The van der Waals surface area contributed by atoms with Crippen LogP contribution in [0.25, 0.3) is 0 Å². The van der Waals surface area contributed by atoms with Gasteiger partial charge in [0.15, 0.2) is 0 Å². The fourth-order valence-corrected chi connectivity index (χ4v) is 0.835. The quantitative estimate of drug-likeness (QED) is 0.702. The Labute approximate surface area is 96.5 Å². The SMILES string of the molecule is CCCCC(C=O)CC.[Nd]. The zero-order chi connectivity index (χ0) is 7.11. The van der Waals surface area contributed by atoms with Gasteiger partial charge in [-0.2, -0.15) is 0 Å². The van der Waals surface area contributed by atoms with E-state index in [0.29, 0.717) is 5.92 Å². The second kappa shape index (κ2) is 10.0. The Morgan fingerprint density at radius 3 is 2.30 bits per heavy atom. The summed E-state index contributed by atoms with van der Waals surface area (Å²) in [6, 6.07) is 0. The van der Waals surface area contributed by atoms with E-state index in [1.165, 1.54) is 12.8 Å². The van der Waals surface area contributed by atoms with E-state index in [-0.39, 0.29) is 40.8 Å². The number of carbonyl (C=O) groups excluding carboxylic acids is 1. The van der Waals surface area contributed by atoms with Gasteiger partial charge in [0.1, 0.15) is 6.29 Å². The van der Waals surface area contributed by atoms with Gasteiger partial charge in [-0.3, -0.25) is 0 Å². The average Bonchev–Trinajstić information content (AvgIpc) is 1.91. The van der Waals surface area contributed by atoms with Crippen LogP contribution < -0.4 is 0 Å². The van der Waals surface area contributed by atoms with Gasteiger partial charge in [0.2, 0.25) is 0 Å². The molecule has 0 aliphatic heterocycles. The maximum absolute atomic E-state index is 10.2. The molecule has 0 heterocycles. The van der Waals surface area contributed by atoms with E-state index < -0.39 is 0 Å². The molecule has 0 aromatic carbocycles. The Kier molecular flexibility index (Phi) is 13.6. The molecule has 0 saturated heterocycles. The number of aldehydes is 1. The second-order valence-electron chi connectivity index (χ2n) is 2.45. The van der Waals surface area contributed by atoms with Gasteiger partial charge in [0, 0.05) is 46.8 Å². The predicted octanol–water partition coefficient (Wildman–Crippen LogP) is 2.40. The van der Waals surface area contributed by atoms with Crippen LogP contribution in [0.4, 0.5) is 0 Å². The van der Waals surface area contributed by atoms with Crippen molar-refractivity contribution in [2.75, 3.05) is 0 Å². The summed E-state index contributed by atoms with van der Waals surface area (Å²) in [5.74, 6) is 0.324. The second-order valence-corrected chi connectivity index (χ2v) is 2.45. The van der Waals surface area contributed by atoms with Gasteiger partial charge in [-0.25, -0.2) is 0 Å². The molecular formula is C8H16NdO. The first-order valence-corrected chi connectivity index (χ1v) is 3.80. The fourth-order valence-electron chi connectivity index (χ4n) is 0.835. The average molecular weight is 272 g/mol. The minimum Gasteiger partial charge on any atom is -0.303 e. The van der Waals surface area contributed by atoms with E-state index >= 15 is 0 Å². The Morgan fingerprint density at radius 1 is 1.40 bits per heavy atom. The van der Waals surface area contributed by atoms with Crippen LogP contribution in [0.3, 0.4) is 0 Å². The van der Waals surface area contributed by atoms with Crippen LogP contribution in [0.1, 0.15) is 39.5 Å². The number of hydrogen-bond donors (Lipinski definition) is 0. The van der Waals surface area contributed by atoms with Crippen LogP contribution in [-0.2, 0) is 4.79 Å². The molecule has 1 atom stereocenters. The molecule has 0 radical (unpaired) electrons. The van der Waals surface area contributed by atoms with Crippen molar-refractivity contribution >= 4 is 6.29 Å². The van der Waals surface area contributed by atoms with E-state index in [0.717, 1.165) is 19.1 Å². The summed E-state index contributed by atoms with van der Waals surface area (Å²) in [5, 5.41) is 0. The maximum Gasteiger partial charge on any atom is 0.123 e. The molecular weight excluding hydrogens is 256 g/mol. The third-order valence-corrected chi connectivity index (χ3v) is 1.65. The fraction of sp³-hybridized carbons (Fsp3) is 0.875. The topological polar surface area (TPSA) is 17.1 Å². The third-order valence-electron chi connectivity index (χ3n) is 1.65. The summed E-state index contributed by atoms with van der Waals surface area (Å²) in [6.45, 7) is 4.21. The number of rotatable bonds is 5. The molecule has 10 heavy (non-hydrogen) atoms.